The molecule has 6 heteroatoms. The quantitative estimate of drug-likeness (QED) is 0.781. The fourth-order valence-electron chi connectivity index (χ4n) is 2.88. The van der Waals surface area contributed by atoms with Crippen molar-refractivity contribution < 1.29 is 9.59 Å². The van der Waals surface area contributed by atoms with Crippen LogP contribution in [0.3, 0.4) is 0 Å². The third kappa shape index (κ3) is 2.85. The van der Waals surface area contributed by atoms with E-state index < -0.39 is 0 Å². The van der Waals surface area contributed by atoms with Gasteiger partial charge in [-0.1, -0.05) is 13.0 Å². The minimum atomic E-state index is -0.135. The van der Waals surface area contributed by atoms with E-state index in [1.165, 1.54) is 0 Å². The van der Waals surface area contributed by atoms with E-state index in [9.17, 15) is 9.59 Å². The largest absolute Gasteiger partial charge is 0.336 e. The monoisotopic (exact) mass is 288 g/mol. The van der Waals surface area contributed by atoms with Crippen LogP contribution < -0.4 is 20.9 Å². The van der Waals surface area contributed by atoms with Gasteiger partial charge in [-0.05, 0) is 37.1 Å². The van der Waals surface area contributed by atoms with Crippen molar-refractivity contribution in [3.63, 3.8) is 0 Å². The smallest absolute Gasteiger partial charge is 0.321 e. The number of nitrogens with zero attached hydrogens (tertiary/aromatic N) is 1. The highest BCUT2D eigenvalue weighted by Gasteiger charge is 2.29. The highest BCUT2D eigenvalue weighted by molar-refractivity contribution is 5.97. The first-order chi connectivity index (χ1) is 10.1. The number of hydrogen-bond acceptors (Lipinski definition) is 3. The molecule has 2 heterocycles. The highest BCUT2D eigenvalue weighted by atomic mass is 16.2. The molecule has 0 spiro atoms. The number of nitrogens with one attached hydrogen (secondary N) is 3. The molecule has 2 saturated heterocycles. The summed E-state index contributed by atoms with van der Waals surface area (Å²) >= 11 is 0. The van der Waals surface area contributed by atoms with E-state index >= 15 is 0 Å². The van der Waals surface area contributed by atoms with E-state index in [1.807, 2.05) is 24.3 Å². The van der Waals surface area contributed by atoms with E-state index in [1.54, 1.807) is 4.90 Å². The van der Waals surface area contributed by atoms with Crippen molar-refractivity contribution in [1.29, 1.82) is 0 Å². The van der Waals surface area contributed by atoms with Gasteiger partial charge in [0.1, 0.15) is 0 Å². The number of carbonyl (C=O) groups excluding carboxylic acids is 2. The van der Waals surface area contributed by atoms with Crippen LogP contribution in [0.1, 0.15) is 13.3 Å². The zero-order valence-corrected chi connectivity index (χ0v) is 12.1. The van der Waals surface area contributed by atoms with Crippen LogP contribution in [0.2, 0.25) is 0 Å². The lowest BCUT2D eigenvalue weighted by molar-refractivity contribution is -0.118. The first-order valence-corrected chi connectivity index (χ1v) is 7.35. The Morgan fingerprint density at radius 3 is 2.90 bits per heavy atom. The van der Waals surface area contributed by atoms with Gasteiger partial charge in [-0.3, -0.25) is 9.69 Å². The molecule has 3 amide bonds. The predicted octanol–water partition coefficient (Wildman–Crippen LogP) is 1.15. The van der Waals surface area contributed by atoms with E-state index in [-0.39, 0.29) is 18.0 Å². The number of rotatable bonds is 3. The summed E-state index contributed by atoms with van der Waals surface area (Å²) in [6.45, 7) is 4.26. The Morgan fingerprint density at radius 2 is 2.24 bits per heavy atom. The summed E-state index contributed by atoms with van der Waals surface area (Å²) in [4.78, 5) is 25.6. The van der Waals surface area contributed by atoms with Crippen LogP contribution in [0, 0.1) is 5.92 Å². The molecule has 0 aliphatic carbocycles. The number of anilines is 2. The van der Waals surface area contributed by atoms with E-state index in [4.69, 9.17) is 0 Å². The molecule has 2 aliphatic heterocycles. The summed E-state index contributed by atoms with van der Waals surface area (Å²) in [5.74, 6) is 0.334. The lowest BCUT2D eigenvalue weighted by Gasteiger charge is -2.18. The van der Waals surface area contributed by atoms with Crippen LogP contribution in [-0.4, -0.2) is 37.6 Å². The Bertz CT molecular complexity index is 560. The van der Waals surface area contributed by atoms with Crippen molar-refractivity contribution in [1.82, 2.24) is 10.6 Å². The Labute approximate surface area is 123 Å². The second-order valence-corrected chi connectivity index (χ2v) is 5.62. The summed E-state index contributed by atoms with van der Waals surface area (Å²) in [6.07, 6.45) is 1.02. The topological polar surface area (TPSA) is 73.5 Å². The van der Waals surface area contributed by atoms with Gasteiger partial charge < -0.3 is 16.0 Å². The number of benzene rings is 1. The molecule has 2 unspecified atom stereocenters. The molecular formula is C15H20N4O2. The number of hydrogen-bond donors (Lipinski definition) is 3. The molecule has 2 aliphatic rings. The van der Waals surface area contributed by atoms with Crippen LogP contribution in [0.25, 0.3) is 0 Å². The predicted molar refractivity (Wildman–Crippen MR) is 81.4 cm³/mol. The van der Waals surface area contributed by atoms with E-state index in [0.717, 1.165) is 24.3 Å². The van der Waals surface area contributed by atoms with Crippen molar-refractivity contribution in [2.24, 2.45) is 5.92 Å². The molecule has 1 aromatic carbocycles. The van der Waals surface area contributed by atoms with Gasteiger partial charge in [-0.2, -0.15) is 0 Å². The molecule has 21 heavy (non-hydrogen) atoms. The standard InChI is InChI=1S/C15H20N4O2/c1-10-5-6-16-13(10)14(20)18-11-3-2-4-12(9-11)19-8-7-17-15(19)21/h2-4,9-10,13,16H,5-8H2,1H3,(H,17,21)(H,18,20). The Balaban J connectivity index is 1.71. The minimum Gasteiger partial charge on any atom is -0.336 e. The summed E-state index contributed by atoms with van der Waals surface area (Å²) in [7, 11) is 0. The highest BCUT2D eigenvalue weighted by Crippen LogP contribution is 2.22. The molecule has 2 atom stereocenters. The van der Waals surface area contributed by atoms with Crippen molar-refractivity contribution in [2.45, 2.75) is 19.4 Å². The fourth-order valence-corrected chi connectivity index (χ4v) is 2.88. The van der Waals surface area contributed by atoms with Gasteiger partial charge in [0.2, 0.25) is 5.91 Å². The van der Waals surface area contributed by atoms with Crippen molar-refractivity contribution >= 4 is 23.3 Å². The van der Waals surface area contributed by atoms with Gasteiger partial charge in [0.15, 0.2) is 0 Å². The number of carbonyl (C=O) groups is 2. The summed E-state index contributed by atoms with van der Waals surface area (Å²) < 4.78 is 0. The molecule has 2 fully saturated rings. The first kappa shape index (κ1) is 13.9. The van der Waals surface area contributed by atoms with E-state index in [2.05, 4.69) is 22.9 Å². The summed E-state index contributed by atoms with van der Waals surface area (Å²) in [5, 5.41) is 8.92. The molecule has 0 radical (unpaired) electrons. The molecule has 0 saturated carbocycles. The molecule has 6 nitrogen and oxygen atoms in total. The maximum atomic E-state index is 12.3. The van der Waals surface area contributed by atoms with Gasteiger partial charge in [0.05, 0.1) is 6.04 Å². The van der Waals surface area contributed by atoms with Gasteiger partial charge in [-0.15, -0.1) is 0 Å². The fraction of sp³-hybridized carbons (Fsp3) is 0.467. The van der Waals surface area contributed by atoms with Gasteiger partial charge in [0, 0.05) is 24.5 Å². The molecule has 1 aromatic rings. The Hall–Kier alpha value is -2.08. The maximum absolute atomic E-state index is 12.3. The van der Waals surface area contributed by atoms with Crippen LogP contribution in [0.4, 0.5) is 16.2 Å². The van der Waals surface area contributed by atoms with Crippen molar-refractivity contribution in [3.05, 3.63) is 24.3 Å². The van der Waals surface area contributed by atoms with E-state index in [0.29, 0.717) is 19.0 Å². The maximum Gasteiger partial charge on any atom is 0.321 e. The zero-order chi connectivity index (χ0) is 14.8. The van der Waals surface area contributed by atoms with Gasteiger partial charge >= 0.3 is 6.03 Å². The average molecular weight is 288 g/mol. The van der Waals surface area contributed by atoms with Crippen LogP contribution in [0.5, 0.6) is 0 Å². The second kappa shape index (κ2) is 5.73. The SMILES string of the molecule is CC1CCNC1C(=O)Nc1cccc(N2CCNC2=O)c1. The zero-order valence-electron chi connectivity index (χ0n) is 12.1. The molecule has 0 bridgehead atoms. The third-order valence-electron chi connectivity index (χ3n) is 4.10. The number of urea groups is 1. The Kier molecular flexibility index (Phi) is 3.79. The lowest BCUT2D eigenvalue weighted by atomic mass is 10.0. The van der Waals surface area contributed by atoms with Gasteiger partial charge in [-0.25, -0.2) is 4.79 Å². The second-order valence-electron chi connectivity index (χ2n) is 5.62. The Morgan fingerprint density at radius 1 is 1.38 bits per heavy atom. The van der Waals surface area contributed by atoms with Crippen LogP contribution >= 0.6 is 0 Å². The first-order valence-electron chi connectivity index (χ1n) is 7.35. The molecule has 3 N–H and O–H groups in total. The molecular weight excluding hydrogens is 268 g/mol. The lowest BCUT2D eigenvalue weighted by Crippen LogP contribution is -2.39. The molecule has 112 valence electrons. The normalized spacial score (nSPS) is 25.0. The summed E-state index contributed by atoms with van der Waals surface area (Å²) in [5.41, 5.74) is 1.52. The molecule has 0 aromatic heterocycles. The van der Waals surface area contributed by atoms with Crippen LogP contribution in [-0.2, 0) is 4.79 Å². The van der Waals surface area contributed by atoms with Crippen LogP contribution in [0.15, 0.2) is 24.3 Å². The average Bonchev–Trinajstić information content (AvgIpc) is 3.07. The van der Waals surface area contributed by atoms with Crippen molar-refractivity contribution in [3.8, 4) is 0 Å². The van der Waals surface area contributed by atoms with Gasteiger partial charge in [0.25, 0.3) is 0 Å². The third-order valence-corrected chi connectivity index (χ3v) is 4.10. The molecule has 3 rings (SSSR count). The number of amides is 3. The van der Waals surface area contributed by atoms with Crippen molar-refractivity contribution in [2.75, 3.05) is 29.9 Å². The summed E-state index contributed by atoms with van der Waals surface area (Å²) in [6, 6.07) is 7.17. The minimum absolute atomic E-state index is 0.0111.